The van der Waals surface area contributed by atoms with Crippen molar-refractivity contribution in [2.75, 3.05) is 17.2 Å². The second-order valence-electron chi connectivity index (χ2n) is 7.85. The van der Waals surface area contributed by atoms with Crippen LogP contribution < -0.4 is 20.5 Å². The number of benzene rings is 3. The van der Waals surface area contributed by atoms with E-state index in [-0.39, 0.29) is 23.1 Å². The average molecular weight is 506 g/mol. The van der Waals surface area contributed by atoms with Gasteiger partial charge in [-0.2, -0.15) is 0 Å². The molecular formula is C23H21Cl2N3O4S. The Bertz CT molecular complexity index is 1340. The molecule has 7 nitrogen and oxygen atoms in total. The van der Waals surface area contributed by atoms with E-state index >= 15 is 0 Å². The van der Waals surface area contributed by atoms with Gasteiger partial charge in [-0.15, -0.1) is 0 Å². The molecule has 4 N–H and O–H groups in total. The molecular weight excluding hydrogens is 485 g/mol. The lowest BCUT2D eigenvalue weighted by molar-refractivity contribution is -0.117. The number of hydrogen-bond acceptors (Lipinski definition) is 5. The number of halogens is 2. The highest BCUT2D eigenvalue weighted by atomic mass is 35.5. The summed E-state index contributed by atoms with van der Waals surface area (Å²) in [6.07, 6.45) is 0.283. The molecule has 10 heteroatoms. The maximum Gasteiger partial charge on any atom is 0.238 e. The first-order valence-electron chi connectivity index (χ1n) is 9.99. The van der Waals surface area contributed by atoms with Crippen molar-refractivity contribution in [2.45, 2.75) is 24.2 Å². The van der Waals surface area contributed by atoms with E-state index in [0.29, 0.717) is 45.0 Å². The molecule has 0 radical (unpaired) electrons. The van der Waals surface area contributed by atoms with Crippen LogP contribution in [0.25, 0.3) is 0 Å². The summed E-state index contributed by atoms with van der Waals surface area (Å²) < 4.78 is 29.3. The summed E-state index contributed by atoms with van der Waals surface area (Å²) in [5.41, 5.74) is 8.32. The number of primary sulfonamides is 1. The van der Waals surface area contributed by atoms with Gasteiger partial charge in [0.05, 0.1) is 20.6 Å². The molecule has 3 aromatic carbocycles. The average Bonchev–Trinajstić information content (AvgIpc) is 3.12. The zero-order chi connectivity index (χ0) is 23.9. The summed E-state index contributed by atoms with van der Waals surface area (Å²) in [5, 5.41) is 5.98. The van der Waals surface area contributed by atoms with Crippen LogP contribution in [0.15, 0.2) is 59.5 Å². The smallest absolute Gasteiger partial charge is 0.238 e. The number of nitrogens with two attached hydrogens (primary N) is 2. The number of nitrogens with zero attached hydrogens (tertiary/aromatic N) is 1. The van der Waals surface area contributed by atoms with Crippen molar-refractivity contribution in [3.05, 3.63) is 75.8 Å². The highest BCUT2D eigenvalue weighted by Gasteiger charge is 2.32. The van der Waals surface area contributed by atoms with Crippen LogP contribution >= 0.6 is 23.2 Å². The number of aryl methyl sites for hydroxylation is 1. The number of ether oxygens (including phenoxy) is 1. The predicted octanol–water partition coefficient (Wildman–Crippen LogP) is 4.84. The van der Waals surface area contributed by atoms with Crippen LogP contribution in [0.5, 0.6) is 11.5 Å². The molecule has 1 amide bonds. The lowest BCUT2D eigenvalue weighted by atomic mass is 9.98. The third-order valence-electron chi connectivity index (χ3n) is 5.54. The van der Waals surface area contributed by atoms with Gasteiger partial charge >= 0.3 is 0 Å². The maximum absolute atomic E-state index is 12.8. The summed E-state index contributed by atoms with van der Waals surface area (Å²) in [6.45, 7) is 2.06. The monoisotopic (exact) mass is 505 g/mol. The van der Waals surface area contributed by atoms with E-state index in [1.165, 1.54) is 6.07 Å². The van der Waals surface area contributed by atoms with Gasteiger partial charge < -0.3 is 15.4 Å². The first-order chi connectivity index (χ1) is 15.5. The van der Waals surface area contributed by atoms with Crippen LogP contribution in [0.2, 0.25) is 10.0 Å². The number of hydrogen-bond donors (Lipinski definition) is 2. The fourth-order valence-electron chi connectivity index (χ4n) is 3.90. The van der Waals surface area contributed by atoms with E-state index < -0.39 is 10.0 Å². The fraction of sp³-hybridized carbons (Fsp3) is 0.174. The quantitative estimate of drug-likeness (QED) is 0.481. The Balaban J connectivity index is 1.59. The number of rotatable bonds is 5. The minimum Gasteiger partial charge on any atom is -0.452 e. The molecule has 3 aromatic rings. The molecule has 1 aliphatic rings. The number of carbonyl (C=O) groups excluding carboxylic acids is 1. The van der Waals surface area contributed by atoms with Gasteiger partial charge in [-0.3, -0.25) is 4.79 Å². The Morgan fingerprint density at radius 3 is 2.48 bits per heavy atom. The van der Waals surface area contributed by atoms with Crippen molar-refractivity contribution in [3.8, 4) is 11.5 Å². The van der Waals surface area contributed by atoms with E-state index in [2.05, 4.69) is 0 Å². The molecule has 0 aromatic heterocycles. The van der Waals surface area contributed by atoms with Crippen molar-refractivity contribution in [1.82, 2.24) is 0 Å². The third kappa shape index (κ3) is 4.79. The van der Waals surface area contributed by atoms with Crippen molar-refractivity contribution in [2.24, 2.45) is 5.14 Å². The highest BCUT2D eigenvalue weighted by molar-refractivity contribution is 7.89. The van der Waals surface area contributed by atoms with Crippen LogP contribution in [-0.2, 0) is 14.8 Å². The summed E-state index contributed by atoms with van der Waals surface area (Å²) in [4.78, 5) is 14.4. The van der Waals surface area contributed by atoms with Gasteiger partial charge in [0.2, 0.25) is 15.9 Å². The molecule has 172 valence electrons. The Hall–Kier alpha value is -2.78. The molecule has 4 rings (SSSR count). The van der Waals surface area contributed by atoms with E-state index in [1.807, 2.05) is 6.07 Å². The number of anilines is 2. The topological polar surface area (TPSA) is 116 Å². The molecule has 1 heterocycles. The van der Waals surface area contributed by atoms with Gasteiger partial charge in [0.15, 0.2) is 5.75 Å². The van der Waals surface area contributed by atoms with Crippen molar-refractivity contribution in [1.29, 1.82) is 0 Å². The molecule has 1 fully saturated rings. The Labute approximate surface area is 201 Å². The lowest BCUT2D eigenvalue weighted by Crippen LogP contribution is -2.24. The van der Waals surface area contributed by atoms with Crippen molar-refractivity contribution < 1.29 is 17.9 Å². The summed E-state index contributed by atoms with van der Waals surface area (Å²) in [7, 11) is -3.83. The maximum atomic E-state index is 12.8. The van der Waals surface area contributed by atoms with Gasteiger partial charge in [0, 0.05) is 24.6 Å². The minimum atomic E-state index is -3.83. The summed E-state index contributed by atoms with van der Waals surface area (Å²) in [5.74, 6) is 0.510. The first kappa shape index (κ1) is 23.4. The van der Waals surface area contributed by atoms with Gasteiger partial charge in [-0.1, -0.05) is 35.3 Å². The molecule has 0 spiro atoms. The molecule has 1 aliphatic heterocycles. The number of para-hydroxylation sites is 1. The molecule has 1 atom stereocenters. The van der Waals surface area contributed by atoms with E-state index in [1.54, 1.807) is 54.3 Å². The van der Waals surface area contributed by atoms with Crippen LogP contribution in [0.4, 0.5) is 11.4 Å². The Morgan fingerprint density at radius 2 is 1.82 bits per heavy atom. The van der Waals surface area contributed by atoms with Crippen LogP contribution in [0, 0.1) is 6.92 Å². The zero-order valence-electron chi connectivity index (χ0n) is 17.6. The second kappa shape index (κ2) is 8.87. The number of nitrogen functional groups attached to an aromatic ring is 1. The SMILES string of the molecule is Cc1cc(N2C[C@@H](c3ccc(Cl)c(Oc4c(N)cccc4Cl)c3)CC2=O)ccc1S(N)(=O)=O. The molecule has 0 unspecified atom stereocenters. The predicted molar refractivity (Wildman–Crippen MR) is 130 cm³/mol. The minimum absolute atomic E-state index is 0.0350. The highest BCUT2D eigenvalue weighted by Crippen LogP contribution is 2.40. The van der Waals surface area contributed by atoms with Gasteiger partial charge in [0.1, 0.15) is 5.75 Å². The molecule has 1 saturated heterocycles. The first-order valence-corrected chi connectivity index (χ1v) is 12.3. The second-order valence-corrected chi connectivity index (χ2v) is 10.2. The molecule has 0 bridgehead atoms. The number of carbonyl (C=O) groups is 1. The van der Waals surface area contributed by atoms with Crippen LogP contribution in [0.3, 0.4) is 0 Å². The Kier molecular flexibility index (Phi) is 6.28. The lowest BCUT2D eigenvalue weighted by Gasteiger charge is -2.19. The van der Waals surface area contributed by atoms with Crippen molar-refractivity contribution in [3.63, 3.8) is 0 Å². The summed E-state index contributed by atoms with van der Waals surface area (Å²) >= 11 is 12.5. The summed E-state index contributed by atoms with van der Waals surface area (Å²) in [6, 6.07) is 15.1. The molecule has 0 saturated carbocycles. The number of sulfonamides is 1. The van der Waals surface area contributed by atoms with Crippen LogP contribution in [0.1, 0.15) is 23.5 Å². The largest absolute Gasteiger partial charge is 0.452 e. The number of amides is 1. The standard InChI is InChI=1S/C23H21Cl2N3O4S/c1-13-9-16(6-8-21(13)33(27,30)31)28-12-15(11-22(28)29)14-5-7-17(24)20(10-14)32-23-18(25)3-2-4-19(23)26/h2-10,15H,11-12,26H2,1H3,(H2,27,30,31)/t15-/m0/s1. The molecule has 0 aliphatic carbocycles. The van der Waals surface area contributed by atoms with Gasteiger partial charge in [-0.25, -0.2) is 13.6 Å². The third-order valence-corrected chi connectivity index (χ3v) is 7.22. The van der Waals surface area contributed by atoms with Crippen LogP contribution in [-0.4, -0.2) is 20.9 Å². The molecule has 33 heavy (non-hydrogen) atoms. The zero-order valence-corrected chi connectivity index (χ0v) is 19.9. The van der Waals surface area contributed by atoms with Gasteiger partial charge in [0.25, 0.3) is 0 Å². The van der Waals surface area contributed by atoms with E-state index in [0.717, 1.165) is 5.56 Å². The fourth-order valence-corrected chi connectivity index (χ4v) is 5.04. The van der Waals surface area contributed by atoms with Gasteiger partial charge in [-0.05, 0) is 60.5 Å². The van der Waals surface area contributed by atoms with Crippen molar-refractivity contribution >= 4 is 50.5 Å². The van der Waals surface area contributed by atoms with E-state index in [4.69, 9.17) is 38.8 Å². The Morgan fingerprint density at radius 1 is 1.06 bits per heavy atom. The van der Waals surface area contributed by atoms with E-state index in [9.17, 15) is 13.2 Å². The normalized spacial score (nSPS) is 16.3.